The quantitative estimate of drug-likeness (QED) is 0.490. The summed E-state index contributed by atoms with van der Waals surface area (Å²) in [5.74, 6) is -1.05. The number of thiophene rings is 1. The van der Waals surface area contributed by atoms with Crippen molar-refractivity contribution < 1.29 is 18.7 Å². The lowest BCUT2D eigenvalue weighted by molar-refractivity contribution is -0.132. The zero-order valence-corrected chi connectivity index (χ0v) is 20.5. The number of ether oxygens (including phenoxy) is 1. The van der Waals surface area contributed by atoms with Crippen molar-refractivity contribution in [2.45, 2.75) is 22.1 Å². The second-order valence-corrected chi connectivity index (χ2v) is 10.6. The molecule has 3 heterocycles. The first kappa shape index (κ1) is 23.4. The number of benzene rings is 2. The molecule has 2 fully saturated rings. The van der Waals surface area contributed by atoms with Crippen LogP contribution in [0, 0.1) is 5.82 Å². The fraction of sp³-hybridized carbons (Fsp3) is 0.280. The first-order valence-electron chi connectivity index (χ1n) is 10.9. The number of amides is 1. The van der Waals surface area contributed by atoms with Gasteiger partial charge in [-0.2, -0.15) is 11.3 Å². The van der Waals surface area contributed by atoms with E-state index < -0.39 is 16.6 Å². The van der Waals surface area contributed by atoms with E-state index in [0.29, 0.717) is 18.1 Å². The SMILES string of the molecule is O=C1CC(c2ccc(N3CCOCC3)cc2)(c2ccsc2)NC(=O)C1Sc1ccc(F)cc1Cl. The van der Waals surface area contributed by atoms with Crippen LogP contribution in [-0.2, 0) is 19.9 Å². The summed E-state index contributed by atoms with van der Waals surface area (Å²) in [6.07, 6.45) is 0.114. The first-order chi connectivity index (χ1) is 16.5. The lowest BCUT2D eigenvalue weighted by Gasteiger charge is -2.40. The third kappa shape index (κ3) is 4.47. The second kappa shape index (κ2) is 9.70. The number of carbonyl (C=O) groups is 2. The fourth-order valence-electron chi connectivity index (χ4n) is 4.44. The van der Waals surface area contributed by atoms with Gasteiger partial charge in [0.15, 0.2) is 5.78 Å². The highest BCUT2D eigenvalue weighted by atomic mass is 35.5. The highest BCUT2D eigenvalue weighted by Gasteiger charge is 2.47. The largest absolute Gasteiger partial charge is 0.378 e. The minimum absolute atomic E-state index is 0.114. The molecule has 3 aromatic rings. The molecule has 0 bridgehead atoms. The molecule has 5 rings (SSSR count). The molecule has 2 aliphatic heterocycles. The Kier molecular flexibility index (Phi) is 6.66. The van der Waals surface area contributed by atoms with E-state index in [1.54, 1.807) is 0 Å². The molecule has 1 aromatic heterocycles. The van der Waals surface area contributed by atoms with Gasteiger partial charge in [-0.15, -0.1) is 11.8 Å². The van der Waals surface area contributed by atoms with Crippen LogP contribution in [0.4, 0.5) is 10.1 Å². The molecular weight excluding hydrogens is 495 g/mol. The molecule has 2 aromatic carbocycles. The molecule has 0 aliphatic carbocycles. The van der Waals surface area contributed by atoms with Crippen molar-refractivity contribution in [1.82, 2.24) is 5.32 Å². The zero-order valence-electron chi connectivity index (χ0n) is 18.1. The molecule has 2 saturated heterocycles. The van der Waals surface area contributed by atoms with Crippen LogP contribution in [0.25, 0.3) is 0 Å². The molecule has 0 radical (unpaired) electrons. The normalized spacial score (nSPS) is 23.1. The van der Waals surface area contributed by atoms with E-state index in [9.17, 15) is 14.0 Å². The van der Waals surface area contributed by atoms with Gasteiger partial charge in [-0.1, -0.05) is 23.7 Å². The van der Waals surface area contributed by atoms with Gasteiger partial charge in [-0.25, -0.2) is 4.39 Å². The average molecular weight is 517 g/mol. The minimum atomic E-state index is -0.956. The molecular formula is C25H22ClFN2O3S2. The number of carbonyl (C=O) groups excluding carboxylic acids is 2. The number of morpholine rings is 1. The van der Waals surface area contributed by atoms with Crippen LogP contribution < -0.4 is 10.2 Å². The van der Waals surface area contributed by atoms with Crippen molar-refractivity contribution in [2.24, 2.45) is 0 Å². The highest BCUT2D eigenvalue weighted by Crippen LogP contribution is 2.42. The summed E-state index contributed by atoms with van der Waals surface area (Å²) in [5, 5.41) is 6.28. The Morgan fingerprint density at radius 1 is 1.09 bits per heavy atom. The van der Waals surface area contributed by atoms with Gasteiger partial charge in [0, 0.05) is 30.1 Å². The van der Waals surface area contributed by atoms with E-state index in [1.807, 2.05) is 41.1 Å². The van der Waals surface area contributed by atoms with E-state index in [4.69, 9.17) is 16.3 Å². The Morgan fingerprint density at radius 2 is 1.85 bits per heavy atom. The Balaban J connectivity index is 1.44. The number of nitrogens with zero attached hydrogens (tertiary/aromatic N) is 1. The molecule has 2 aliphatic rings. The van der Waals surface area contributed by atoms with Gasteiger partial charge >= 0.3 is 0 Å². The van der Waals surface area contributed by atoms with E-state index in [1.165, 1.54) is 29.5 Å². The number of Topliss-reactive ketones (excluding diaryl/α,β-unsaturated/α-hetero) is 1. The minimum Gasteiger partial charge on any atom is -0.378 e. The topological polar surface area (TPSA) is 58.6 Å². The standard InChI is InChI=1S/C25H22ClFN2O3S2/c26-20-13-18(27)3-6-22(20)34-23-21(30)14-25(28-24(23)31,17-7-12-33-15-17)16-1-4-19(5-2-16)29-8-10-32-11-9-29/h1-7,12-13,15,23H,8-11,14H2,(H,28,31). The molecule has 176 valence electrons. The summed E-state index contributed by atoms with van der Waals surface area (Å²) in [7, 11) is 0. The summed E-state index contributed by atoms with van der Waals surface area (Å²) < 4.78 is 18.9. The number of nitrogens with one attached hydrogen (secondary N) is 1. The van der Waals surface area contributed by atoms with Gasteiger partial charge in [-0.05, 0) is 58.3 Å². The van der Waals surface area contributed by atoms with Crippen LogP contribution in [0.5, 0.6) is 0 Å². The Labute approximate surface area is 210 Å². The van der Waals surface area contributed by atoms with Crippen LogP contribution in [-0.4, -0.2) is 43.2 Å². The monoisotopic (exact) mass is 516 g/mol. The van der Waals surface area contributed by atoms with Crippen LogP contribution in [0.2, 0.25) is 5.02 Å². The third-order valence-corrected chi connectivity index (χ3v) is 8.63. The number of rotatable bonds is 5. The lowest BCUT2D eigenvalue weighted by atomic mass is 9.77. The van der Waals surface area contributed by atoms with Crippen molar-refractivity contribution in [1.29, 1.82) is 0 Å². The Morgan fingerprint density at radius 3 is 2.50 bits per heavy atom. The number of thioether (sulfide) groups is 1. The molecule has 2 unspecified atom stereocenters. The molecule has 5 nitrogen and oxygen atoms in total. The molecule has 1 amide bonds. The van der Waals surface area contributed by atoms with Crippen LogP contribution in [0.15, 0.2) is 64.2 Å². The van der Waals surface area contributed by atoms with Gasteiger partial charge in [0.05, 0.1) is 23.8 Å². The predicted molar refractivity (Wildman–Crippen MR) is 133 cm³/mol. The first-order valence-corrected chi connectivity index (χ1v) is 13.1. The summed E-state index contributed by atoms with van der Waals surface area (Å²) >= 11 is 8.71. The van der Waals surface area contributed by atoms with Gasteiger partial charge in [0.25, 0.3) is 0 Å². The molecule has 2 atom stereocenters. The van der Waals surface area contributed by atoms with Crippen molar-refractivity contribution in [3.05, 3.63) is 81.3 Å². The van der Waals surface area contributed by atoms with Gasteiger partial charge in [-0.3, -0.25) is 9.59 Å². The summed E-state index contributed by atoms with van der Waals surface area (Å²) in [5.41, 5.74) is 1.87. The maximum Gasteiger partial charge on any atom is 0.242 e. The number of hydrogen-bond donors (Lipinski definition) is 1. The number of ketones is 1. The smallest absolute Gasteiger partial charge is 0.242 e. The van der Waals surface area contributed by atoms with E-state index in [0.717, 1.165) is 41.7 Å². The third-order valence-electron chi connectivity index (χ3n) is 6.20. The molecule has 0 saturated carbocycles. The number of anilines is 1. The fourth-order valence-corrected chi connectivity index (χ4v) is 6.42. The maximum absolute atomic E-state index is 13.4. The second-order valence-electron chi connectivity index (χ2n) is 8.27. The van der Waals surface area contributed by atoms with E-state index in [2.05, 4.69) is 10.2 Å². The van der Waals surface area contributed by atoms with E-state index >= 15 is 0 Å². The number of halogens is 2. The molecule has 0 spiro atoms. The van der Waals surface area contributed by atoms with Crippen molar-refractivity contribution in [3.63, 3.8) is 0 Å². The number of hydrogen-bond acceptors (Lipinski definition) is 6. The molecule has 34 heavy (non-hydrogen) atoms. The van der Waals surface area contributed by atoms with E-state index in [-0.39, 0.29) is 23.1 Å². The van der Waals surface area contributed by atoms with Crippen molar-refractivity contribution in [3.8, 4) is 0 Å². The predicted octanol–water partition coefficient (Wildman–Crippen LogP) is 4.87. The van der Waals surface area contributed by atoms with Crippen molar-refractivity contribution >= 4 is 52.1 Å². The number of piperidine rings is 1. The van der Waals surface area contributed by atoms with Gasteiger partial charge in [0.1, 0.15) is 11.1 Å². The lowest BCUT2D eigenvalue weighted by Crippen LogP contribution is -2.57. The maximum atomic E-state index is 13.4. The molecule has 9 heteroatoms. The van der Waals surface area contributed by atoms with Gasteiger partial charge in [0.2, 0.25) is 5.91 Å². The van der Waals surface area contributed by atoms with Gasteiger partial charge < -0.3 is 15.0 Å². The summed E-state index contributed by atoms with van der Waals surface area (Å²) in [6, 6.07) is 13.9. The van der Waals surface area contributed by atoms with Crippen LogP contribution in [0.3, 0.4) is 0 Å². The Hall–Kier alpha value is -2.39. The average Bonchev–Trinajstić information content (AvgIpc) is 3.39. The molecule has 1 N–H and O–H groups in total. The van der Waals surface area contributed by atoms with Crippen LogP contribution >= 0.6 is 34.7 Å². The highest BCUT2D eigenvalue weighted by molar-refractivity contribution is 8.01. The zero-order chi connectivity index (χ0) is 23.7. The van der Waals surface area contributed by atoms with Crippen molar-refractivity contribution in [2.75, 3.05) is 31.2 Å². The summed E-state index contributed by atoms with van der Waals surface area (Å²) in [6.45, 7) is 3.05. The Bertz CT molecular complexity index is 1180. The summed E-state index contributed by atoms with van der Waals surface area (Å²) in [4.78, 5) is 29.4. The van der Waals surface area contributed by atoms with Crippen LogP contribution in [0.1, 0.15) is 17.5 Å².